The van der Waals surface area contributed by atoms with Crippen LogP contribution >= 0.6 is 12.2 Å². The van der Waals surface area contributed by atoms with Crippen LogP contribution in [0.3, 0.4) is 0 Å². The number of nitro groups is 1. The molecule has 5 nitrogen and oxygen atoms in total. The third-order valence-corrected chi connectivity index (χ3v) is 2.43. The fraction of sp³-hybridized carbons (Fsp3) is 0.364. The molecule has 1 aromatic rings. The lowest BCUT2D eigenvalue weighted by Crippen LogP contribution is -2.10. The Morgan fingerprint density at radius 1 is 1.59 bits per heavy atom. The average molecular weight is 254 g/mol. The van der Waals surface area contributed by atoms with Crippen LogP contribution in [0, 0.1) is 10.1 Å². The molecule has 0 radical (unpaired) electrons. The van der Waals surface area contributed by atoms with Crippen LogP contribution in [0.25, 0.3) is 0 Å². The topological polar surface area (TPSA) is 78.4 Å². The first kappa shape index (κ1) is 13.4. The van der Waals surface area contributed by atoms with Crippen LogP contribution in [0.4, 0.5) is 5.69 Å². The van der Waals surface area contributed by atoms with Crippen molar-refractivity contribution in [2.75, 3.05) is 6.61 Å². The second kappa shape index (κ2) is 6.15. The van der Waals surface area contributed by atoms with Gasteiger partial charge in [-0.15, -0.1) is 0 Å². The van der Waals surface area contributed by atoms with Gasteiger partial charge in [0.1, 0.15) is 4.99 Å². The van der Waals surface area contributed by atoms with Gasteiger partial charge in [-0.2, -0.15) is 0 Å². The van der Waals surface area contributed by atoms with Crippen molar-refractivity contribution in [3.8, 4) is 5.75 Å². The van der Waals surface area contributed by atoms with Gasteiger partial charge in [-0.05, 0) is 18.6 Å². The first-order valence-electron chi connectivity index (χ1n) is 5.27. The van der Waals surface area contributed by atoms with Crippen molar-refractivity contribution in [1.82, 2.24) is 0 Å². The number of rotatable bonds is 6. The van der Waals surface area contributed by atoms with Crippen LogP contribution in [0.1, 0.15) is 25.3 Å². The Balaban J connectivity index is 2.96. The Labute approximate surface area is 105 Å². The average Bonchev–Trinajstić information content (AvgIpc) is 2.29. The molecule has 0 saturated carbocycles. The summed E-state index contributed by atoms with van der Waals surface area (Å²) in [6.45, 7) is 2.48. The Hall–Kier alpha value is -1.69. The number of hydrogen-bond donors (Lipinski definition) is 1. The van der Waals surface area contributed by atoms with Crippen LogP contribution < -0.4 is 10.5 Å². The van der Waals surface area contributed by atoms with Gasteiger partial charge in [0.15, 0.2) is 5.75 Å². The van der Waals surface area contributed by atoms with Crippen LogP contribution in [-0.4, -0.2) is 16.5 Å². The zero-order chi connectivity index (χ0) is 12.8. The van der Waals surface area contributed by atoms with E-state index in [9.17, 15) is 10.1 Å². The summed E-state index contributed by atoms with van der Waals surface area (Å²) < 4.78 is 5.35. The Kier molecular flexibility index (Phi) is 4.84. The molecule has 0 amide bonds. The minimum Gasteiger partial charge on any atom is -0.487 e. The van der Waals surface area contributed by atoms with Crippen molar-refractivity contribution >= 4 is 22.9 Å². The minimum absolute atomic E-state index is 0.105. The van der Waals surface area contributed by atoms with Crippen LogP contribution in [0.2, 0.25) is 0 Å². The van der Waals surface area contributed by atoms with Crippen molar-refractivity contribution in [2.45, 2.75) is 19.8 Å². The van der Waals surface area contributed by atoms with Crippen LogP contribution in [-0.2, 0) is 0 Å². The van der Waals surface area contributed by atoms with E-state index < -0.39 is 4.92 Å². The molecule has 0 aliphatic rings. The van der Waals surface area contributed by atoms with E-state index in [1.54, 1.807) is 6.07 Å². The van der Waals surface area contributed by atoms with Gasteiger partial charge in [0, 0.05) is 11.6 Å². The third-order valence-electron chi connectivity index (χ3n) is 2.20. The summed E-state index contributed by atoms with van der Waals surface area (Å²) in [5, 5.41) is 10.9. The third kappa shape index (κ3) is 3.67. The second-order valence-electron chi connectivity index (χ2n) is 3.51. The summed E-state index contributed by atoms with van der Waals surface area (Å²) in [6.07, 6.45) is 1.83. The molecule has 0 saturated heterocycles. The highest BCUT2D eigenvalue weighted by Gasteiger charge is 2.16. The SMILES string of the molecule is CCCCOc1ccc(C(N)=S)cc1[N+](=O)[O-]. The molecule has 0 fully saturated rings. The molecule has 0 atom stereocenters. The lowest BCUT2D eigenvalue weighted by molar-refractivity contribution is -0.385. The predicted molar refractivity (Wildman–Crippen MR) is 69.4 cm³/mol. The van der Waals surface area contributed by atoms with Gasteiger partial charge < -0.3 is 10.5 Å². The van der Waals surface area contributed by atoms with Gasteiger partial charge in [-0.1, -0.05) is 25.6 Å². The number of ether oxygens (including phenoxy) is 1. The summed E-state index contributed by atoms with van der Waals surface area (Å²) in [6, 6.07) is 4.49. The lowest BCUT2D eigenvalue weighted by atomic mass is 10.2. The molecule has 0 heterocycles. The number of nitrogens with two attached hydrogens (primary N) is 1. The number of benzene rings is 1. The summed E-state index contributed by atoms with van der Waals surface area (Å²) in [5.41, 5.74) is 5.78. The van der Waals surface area contributed by atoms with E-state index in [-0.39, 0.29) is 16.4 Å². The molecule has 2 N–H and O–H groups in total. The lowest BCUT2D eigenvalue weighted by Gasteiger charge is -2.07. The molecule has 17 heavy (non-hydrogen) atoms. The molecule has 0 bridgehead atoms. The molecular weight excluding hydrogens is 240 g/mol. The maximum absolute atomic E-state index is 10.9. The van der Waals surface area contributed by atoms with Gasteiger partial charge in [-0.25, -0.2) is 0 Å². The molecule has 0 spiro atoms. The van der Waals surface area contributed by atoms with Crippen molar-refractivity contribution < 1.29 is 9.66 Å². The zero-order valence-electron chi connectivity index (χ0n) is 9.51. The van der Waals surface area contributed by atoms with E-state index in [1.807, 2.05) is 6.92 Å². The molecule has 92 valence electrons. The monoisotopic (exact) mass is 254 g/mol. The van der Waals surface area contributed by atoms with Gasteiger partial charge >= 0.3 is 5.69 Å². The number of unbranched alkanes of at least 4 members (excludes halogenated alkanes) is 1. The van der Waals surface area contributed by atoms with Crippen LogP contribution in [0.15, 0.2) is 18.2 Å². The van der Waals surface area contributed by atoms with E-state index in [1.165, 1.54) is 12.1 Å². The predicted octanol–water partition coefficient (Wildman–Crippen LogP) is 2.41. The quantitative estimate of drug-likeness (QED) is 0.365. The largest absolute Gasteiger partial charge is 0.487 e. The minimum atomic E-state index is -0.497. The summed E-state index contributed by atoms with van der Waals surface area (Å²) in [4.78, 5) is 10.5. The van der Waals surface area contributed by atoms with E-state index in [0.29, 0.717) is 12.2 Å². The van der Waals surface area contributed by atoms with E-state index >= 15 is 0 Å². The second-order valence-corrected chi connectivity index (χ2v) is 3.95. The van der Waals surface area contributed by atoms with Crippen LogP contribution in [0.5, 0.6) is 5.75 Å². The zero-order valence-corrected chi connectivity index (χ0v) is 10.3. The van der Waals surface area contributed by atoms with E-state index in [2.05, 4.69) is 0 Å². The molecule has 1 aromatic carbocycles. The summed E-state index contributed by atoms with van der Waals surface area (Å²) in [7, 11) is 0. The first-order chi connectivity index (χ1) is 8.06. The number of hydrogen-bond acceptors (Lipinski definition) is 4. The number of nitro benzene ring substituents is 1. The fourth-order valence-corrected chi connectivity index (χ4v) is 1.39. The summed E-state index contributed by atoms with van der Waals surface area (Å²) >= 11 is 4.77. The Morgan fingerprint density at radius 3 is 2.82 bits per heavy atom. The van der Waals surface area contributed by atoms with Crippen molar-refractivity contribution in [2.24, 2.45) is 5.73 Å². The van der Waals surface area contributed by atoms with Crippen molar-refractivity contribution in [3.63, 3.8) is 0 Å². The molecule has 0 aromatic heterocycles. The molecule has 0 unspecified atom stereocenters. The molecule has 0 aliphatic heterocycles. The van der Waals surface area contributed by atoms with E-state index in [0.717, 1.165) is 12.8 Å². The molecule has 1 rings (SSSR count). The molecular formula is C11H14N2O3S. The summed E-state index contributed by atoms with van der Waals surface area (Å²) in [5.74, 6) is 0.253. The van der Waals surface area contributed by atoms with Gasteiger partial charge in [-0.3, -0.25) is 10.1 Å². The maximum Gasteiger partial charge on any atom is 0.311 e. The maximum atomic E-state index is 10.9. The van der Waals surface area contributed by atoms with Gasteiger partial charge in [0.2, 0.25) is 0 Å². The fourth-order valence-electron chi connectivity index (χ4n) is 1.26. The highest BCUT2D eigenvalue weighted by Crippen LogP contribution is 2.28. The highest BCUT2D eigenvalue weighted by atomic mass is 32.1. The molecule has 0 aliphatic carbocycles. The van der Waals surface area contributed by atoms with Crippen molar-refractivity contribution in [3.05, 3.63) is 33.9 Å². The highest BCUT2D eigenvalue weighted by molar-refractivity contribution is 7.80. The first-order valence-corrected chi connectivity index (χ1v) is 5.68. The Morgan fingerprint density at radius 2 is 2.29 bits per heavy atom. The standard InChI is InChI=1S/C11H14N2O3S/c1-2-3-6-16-10-5-4-8(11(12)17)7-9(10)13(14)15/h4-5,7H,2-3,6H2,1H3,(H2,12,17). The van der Waals surface area contributed by atoms with Gasteiger partial charge in [0.25, 0.3) is 0 Å². The number of thiocarbonyl (C=S) groups is 1. The van der Waals surface area contributed by atoms with Crippen molar-refractivity contribution in [1.29, 1.82) is 0 Å². The smallest absolute Gasteiger partial charge is 0.311 e. The molecule has 6 heteroatoms. The number of nitrogens with zero attached hydrogens (tertiary/aromatic N) is 1. The Bertz CT molecular complexity index is 435. The van der Waals surface area contributed by atoms with Gasteiger partial charge in [0.05, 0.1) is 11.5 Å². The normalized spacial score (nSPS) is 9.94. The van der Waals surface area contributed by atoms with E-state index in [4.69, 9.17) is 22.7 Å².